The molecule has 1 N–H and O–H groups in total. The van der Waals surface area contributed by atoms with E-state index in [9.17, 15) is 4.79 Å². The Labute approximate surface area is 159 Å². The first-order chi connectivity index (χ1) is 12.9. The highest BCUT2D eigenvalue weighted by molar-refractivity contribution is 5.98. The third kappa shape index (κ3) is 2.95. The van der Waals surface area contributed by atoms with Gasteiger partial charge in [-0.25, -0.2) is 9.36 Å². The van der Waals surface area contributed by atoms with Crippen LogP contribution in [0.25, 0.3) is 5.82 Å². The molecular weight excluding hydrogens is 338 g/mol. The smallest absolute Gasteiger partial charge is 0.257 e. The normalized spacial score (nSPS) is 18.1. The van der Waals surface area contributed by atoms with Crippen molar-refractivity contribution >= 4 is 5.91 Å². The van der Waals surface area contributed by atoms with Gasteiger partial charge in [0.2, 0.25) is 0 Å². The molecule has 0 aliphatic heterocycles. The van der Waals surface area contributed by atoms with Gasteiger partial charge >= 0.3 is 0 Å². The molecule has 6 heteroatoms. The monoisotopic (exact) mass is 363 g/mol. The number of aryl methyl sites for hydroxylation is 2. The first-order valence-electron chi connectivity index (χ1n) is 9.32. The topological polar surface area (TPSA) is 64.7 Å². The summed E-state index contributed by atoms with van der Waals surface area (Å²) in [5, 5.41) is 12.0. The van der Waals surface area contributed by atoms with Gasteiger partial charge in [0.25, 0.3) is 5.91 Å². The van der Waals surface area contributed by atoms with E-state index < -0.39 is 0 Å². The van der Waals surface area contributed by atoms with E-state index in [4.69, 9.17) is 0 Å². The highest BCUT2D eigenvalue weighted by Gasteiger charge is 2.34. The largest absolute Gasteiger partial charge is 0.345 e. The number of nitrogens with zero attached hydrogens (tertiary/aromatic N) is 4. The summed E-state index contributed by atoms with van der Waals surface area (Å²) in [6.45, 7) is 6.40. The SMILES string of the molecule is Cc1nn(C)c(-n2cccn2)c1C(=O)NC1CCC(C)(C)c2ccccc21. The third-order valence-electron chi connectivity index (χ3n) is 5.57. The molecule has 0 bridgehead atoms. The minimum atomic E-state index is -0.106. The van der Waals surface area contributed by atoms with Crippen LogP contribution in [0.2, 0.25) is 0 Å². The maximum Gasteiger partial charge on any atom is 0.257 e. The Hall–Kier alpha value is -2.89. The van der Waals surface area contributed by atoms with Crippen LogP contribution in [0.3, 0.4) is 0 Å². The van der Waals surface area contributed by atoms with Gasteiger partial charge in [-0.15, -0.1) is 0 Å². The van der Waals surface area contributed by atoms with Crippen molar-refractivity contribution in [1.29, 1.82) is 0 Å². The zero-order valence-corrected chi connectivity index (χ0v) is 16.2. The highest BCUT2D eigenvalue weighted by Crippen LogP contribution is 2.41. The fraction of sp³-hybridized carbons (Fsp3) is 0.381. The van der Waals surface area contributed by atoms with E-state index in [-0.39, 0.29) is 17.4 Å². The molecule has 1 atom stereocenters. The van der Waals surface area contributed by atoms with E-state index in [2.05, 4.69) is 47.6 Å². The second-order valence-corrected chi connectivity index (χ2v) is 7.89. The second kappa shape index (κ2) is 6.37. The van der Waals surface area contributed by atoms with Gasteiger partial charge in [-0.1, -0.05) is 38.1 Å². The molecule has 0 radical (unpaired) electrons. The van der Waals surface area contributed by atoms with Crippen molar-refractivity contribution in [3.05, 3.63) is 65.1 Å². The standard InChI is InChI=1S/C21H25N5O/c1-14-18(20(25(4)24-14)26-13-7-12-22-26)19(27)23-17-10-11-21(2,3)16-9-6-5-8-15(16)17/h5-9,12-13,17H,10-11H2,1-4H3,(H,23,27). The van der Waals surface area contributed by atoms with Crippen LogP contribution in [0.5, 0.6) is 0 Å². The Bertz CT molecular complexity index is 984. The van der Waals surface area contributed by atoms with Crippen molar-refractivity contribution < 1.29 is 4.79 Å². The maximum absolute atomic E-state index is 13.2. The number of hydrogen-bond acceptors (Lipinski definition) is 3. The Morgan fingerprint density at radius 3 is 2.78 bits per heavy atom. The van der Waals surface area contributed by atoms with Gasteiger partial charge < -0.3 is 5.32 Å². The van der Waals surface area contributed by atoms with Crippen molar-refractivity contribution in [2.75, 3.05) is 0 Å². The van der Waals surface area contributed by atoms with Crippen LogP contribution in [-0.2, 0) is 12.5 Å². The molecular formula is C21H25N5O. The minimum absolute atomic E-state index is 0.00630. The summed E-state index contributed by atoms with van der Waals surface area (Å²) >= 11 is 0. The number of nitrogens with one attached hydrogen (secondary N) is 1. The van der Waals surface area contributed by atoms with Gasteiger partial charge in [-0.3, -0.25) is 4.79 Å². The molecule has 27 heavy (non-hydrogen) atoms. The number of hydrogen-bond donors (Lipinski definition) is 1. The van der Waals surface area contributed by atoms with Crippen LogP contribution in [0.4, 0.5) is 0 Å². The van der Waals surface area contributed by atoms with E-state index >= 15 is 0 Å². The minimum Gasteiger partial charge on any atom is -0.345 e. The molecule has 2 heterocycles. The van der Waals surface area contributed by atoms with E-state index in [0.29, 0.717) is 17.1 Å². The number of rotatable bonds is 3. The molecule has 1 aliphatic carbocycles. The average Bonchev–Trinajstić information content (AvgIpc) is 3.25. The number of aromatic nitrogens is 4. The van der Waals surface area contributed by atoms with Crippen LogP contribution < -0.4 is 5.32 Å². The lowest BCUT2D eigenvalue weighted by molar-refractivity contribution is 0.0928. The number of carbonyl (C=O) groups excluding carboxylic acids is 1. The Morgan fingerprint density at radius 1 is 1.26 bits per heavy atom. The molecule has 140 valence electrons. The molecule has 0 fully saturated rings. The van der Waals surface area contributed by atoms with Crippen LogP contribution in [0.1, 0.15) is 59.9 Å². The lowest BCUT2D eigenvalue weighted by Crippen LogP contribution is -2.36. The zero-order valence-electron chi connectivity index (χ0n) is 16.2. The molecule has 0 saturated heterocycles. The summed E-state index contributed by atoms with van der Waals surface area (Å²) in [6, 6.07) is 10.3. The van der Waals surface area contributed by atoms with Crippen molar-refractivity contribution in [3.63, 3.8) is 0 Å². The maximum atomic E-state index is 13.2. The summed E-state index contributed by atoms with van der Waals surface area (Å²) < 4.78 is 3.39. The van der Waals surface area contributed by atoms with Crippen LogP contribution >= 0.6 is 0 Å². The summed E-state index contributed by atoms with van der Waals surface area (Å²) in [5.41, 5.74) is 3.93. The van der Waals surface area contributed by atoms with Crippen molar-refractivity contribution in [3.8, 4) is 5.82 Å². The lowest BCUT2D eigenvalue weighted by atomic mass is 9.71. The number of fused-ring (bicyclic) bond motifs is 1. The van der Waals surface area contributed by atoms with Gasteiger partial charge in [0, 0.05) is 19.4 Å². The van der Waals surface area contributed by atoms with Gasteiger partial charge in [0.15, 0.2) is 5.82 Å². The Balaban J connectivity index is 1.69. The van der Waals surface area contributed by atoms with Crippen molar-refractivity contribution in [2.24, 2.45) is 7.05 Å². The molecule has 2 aromatic heterocycles. The fourth-order valence-electron chi connectivity index (χ4n) is 4.16. The van der Waals surface area contributed by atoms with Gasteiger partial charge in [0.1, 0.15) is 5.56 Å². The molecule has 3 aromatic rings. The molecule has 1 aromatic carbocycles. The van der Waals surface area contributed by atoms with E-state index in [1.165, 1.54) is 11.1 Å². The van der Waals surface area contributed by atoms with Gasteiger partial charge in [-0.2, -0.15) is 10.2 Å². The van der Waals surface area contributed by atoms with Gasteiger partial charge in [-0.05, 0) is 42.4 Å². The van der Waals surface area contributed by atoms with E-state index in [1.807, 2.05) is 32.3 Å². The number of benzene rings is 1. The van der Waals surface area contributed by atoms with Crippen LogP contribution in [-0.4, -0.2) is 25.5 Å². The van der Waals surface area contributed by atoms with Crippen molar-refractivity contribution in [1.82, 2.24) is 24.9 Å². The first-order valence-corrected chi connectivity index (χ1v) is 9.32. The molecule has 4 rings (SSSR count). The molecule has 6 nitrogen and oxygen atoms in total. The van der Waals surface area contributed by atoms with Gasteiger partial charge in [0.05, 0.1) is 11.7 Å². The molecule has 1 unspecified atom stereocenters. The summed E-state index contributed by atoms with van der Waals surface area (Å²) in [6.07, 6.45) is 5.48. The highest BCUT2D eigenvalue weighted by atomic mass is 16.1. The number of carbonyl (C=O) groups is 1. The zero-order chi connectivity index (χ0) is 19.2. The lowest BCUT2D eigenvalue weighted by Gasteiger charge is -2.37. The number of amides is 1. The van der Waals surface area contributed by atoms with E-state index in [0.717, 1.165) is 12.8 Å². The predicted octanol–water partition coefficient (Wildman–Crippen LogP) is 3.46. The van der Waals surface area contributed by atoms with Crippen LogP contribution in [0.15, 0.2) is 42.7 Å². The molecule has 0 saturated carbocycles. The van der Waals surface area contributed by atoms with Crippen LogP contribution in [0, 0.1) is 6.92 Å². The third-order valence-corrected chi connectivity index (χ3v) is 5.57. The average molecular weight is 363 g/mol. The molecule has 1 amide bonds. The van der Waals surface area contributed by atoms with E-state index in [1.54, 1.807) is 15.6 Å². The Kier molecular flexibility index (Phi) is 4.13. The first kappa shape index (κ1) is 17.5. The Morgan fingerprint density at radius 2 is 2.04 bits per heavy atom. The quantitative estimate of drug-likeness (QED) is 0.775. The summed E-state index contributed by atoms with van der Waals surface area (Å²) in [7, 11) is 1.83. The predicted molar refractivity (Wildman–Crippen MR) is 104 cm³/mol. The molecule has 1 aliphatic rings. The van der Waals surface area contributed by atoms with Crippen molar-refractivity contribution in [2.45, 2.75) is 45.1 Å². The summed E-state index contributed by atoms with van der Waals surface area (Å²) in [4.78, 5) is 13.2. The molecule has 0 spiro atoms. The second-order valence-electron chi connectivity index (χ2n) is 7.89. The fourth-order valence-corrected chi connectivity index (χ4v) is 4.16. The summed E-state index contributed by atoms with van der Waals surface area (Å²) in [5.74, 6) is 0.574.